The number of aromatic nitrogens is 2. The van der Waals surface area contributed by atoms with E-state index in [2.05, 4.69) is 9.97 Å². The summed E-state index contributed by atoms with van der Waals surface area (Å²) in [5.74, 6) is 0. The van der Waals surface area contributed by atoms with Crippen LogP contribution in [0.5, 0.6) is 0 Å². The standard InChI is InChI=1S/C14H11N3OS/c1-19-14-16-12(11(9-15)13(18)17-14)8-7-10-5-3-2-4-6-10/h2-8H,1H3,(H,16,17,18)/b8-7+. The van der Waals surface area contributed by atoms with Crippen LogP contribution in [0.2, 0.25) is 0 Å². The van der Waals surface area contributed by atoms with Crippen LogP contribution in [-0.2, 0) is 0 Å². The molecule has 94 valence electrons. The lowest BCUT2D eigenvalue weighted by molar-refractivity contribution is 0.923. The highest BCUT2D eigenvalue weighted by Crippen LogP contribution is 2.12. The molecule has 19 heavy (non-hydrogen) atoms. The number of nitrogens with one attached hydrogen (secondary N) is 1. The third kappa shape index (κ3) is 3.12. The average molecular weight is 269 g/mol. The van der Waals surface area contributed by atoms with E-state index in [9.17, 15) is 4.79 Å². The smallest absolute Gasteiger partial charge is 0.270 e. The molecule has 2 rings (SSSR count). The second-order valence-electron chi connectivity index (χ2n) is 3.69. The number of hydrogen-bond acceptors (Lipinski definition) is 4. The summed E-state index contributed by atoms with van der Waals surface area (Å²) in [6, 6.07) is 11.5. The number of hydrogen-bond donors (Lipinski definition) is 1. The Morgan fingerprint density at radius 2 is 2.05 bits per heavy atom. The Morgan fingerprint density at radius 3 is 2.68 bits per heavy atom. The van der Waals surface area contributed by atoms with Gasteiger partial charge in [-0.15, -0.1) is 0 Å². The number of H-pyrrole nitrogens is 1. The Hall–Kier alpha value is -2.32. The van der Waals surface area contributed by atoms with Gasteiger partial charge in [-0.3, -0.25) is 4.79 Å². The van der Waals surface area contributed by atoms with Crippen LogP contribution in [0.3, 0.4) is 0 Å². The third-order valence-corrected chi connectivity index (χ3v) is 3.04. The zero-order valence-electron chi connectivity index (χ0n) is 10.3. The van der Waals surface area contributed by atoms with Crippen LogP contribution in [-0.4, -0.2) is 16.2 Å². The molecule has 0 aliphatic carbocycles. The number of benzene rings is 1. The maximum atomic E-state index is 11.7. The largest absolute Gasteiger partial charge is 0.300 e. The highest BCUT2D eigenvalue weighted by atomic mass is 32.2. The average Bonchev–Trinajstić information content (AvgIpc) is 2.45. The van der Waals surface area contributed by atoms with Crippen LogP contribution in [0, 0.1) is 11.3 Å². The van der Waals surface area contributed by atoms with Gasteiger partial charge in [0.15, 0.2) is 5.16 Å². The second-order valence-corrected chi connectivity index (χ2v) is 4.49. The first-order valence-corrected chi connectivity index (χ1v) is 6.78. The summed E-state index contributed by atoms with van der Waals surface area (Å²) in [7, 11) is 0. The lowest BCUT2D eigenvalue weighted by Gasteiger charge is -2.00. The Morgan fingerprint density at radius 1 is 1.32 bits per heavy atom. The number of aromatic amines is 1. The predicted molar refractivity (Wildman–Crippen MR) is 76.7 cm³/mol. The maximum absolute atomic E-state index is 11.7. The van der Waals surface area contributed by atoms with E-state index in [-0.39, 0.29) is 5.56 Å². The molecule has 1 aromatic heterocycles. The van der Waals surface area contributed by atoms with Gasteiger partial charge in [-0.05, 0) is 17.9 Å². The Kier molecular flexibility index (Phi) is 4.16. The molecule has 1 heterocycles. The highest BCUT2D eigenvalue weighted by molar-refractivity contribution is 7.98. The van der Waals surface area contributed by atoms with Gasteiger partial charge in [-0.2, -0.15) is 5.26 Å². The Labute approximate surface area is 114 Å². The molecule has 0 unspecified atom stereocenters. The quantitative estimate of drug-likeness (QED) is 0.686. The molecule has 0 amide bonds. The predicted octanol–water partition coefficient (Wildman–Crippen LogP) is 2.53. The van der Waals surface area contributed by atoms with Crippen molar-refractivity contribution < 1.29 is 0 Å². The first-order valence-electron chi connectivity index (χ1n) is 5.56. The number of nitrogens with zero attached hydrogens (tertiary/aromatic N) is 2. The molecule has 0 radical (unpaired) electrons. The Balaban J connectivity index is 2.45. The summed E-state index contributed by atoms with van der Waals surface area (Å²) in [5.41, 5.74) is 0.998. The van der Waals surface area contributed by atoms with E-state index >= 15 is 0 Å². The van der Waals surface area contributed by atoms with E-state index in [1.807, 2.05) is 48.7 Å². The van der Waals surface area contributed by atoms with Crippen molar-refractivity contribution in [3.63, 3.8) is 0 Å². The normalized spacial score (nSPS) is 10.5. The molecule has 5 heteroatoms. The molecule has 1 N–H and O–H groups in total. The topological polar surface area (TPSA) is 69.5 Å². The fourth-order valence-electron chi connectivity index (χ4n) is 1.53. The van der Waals surface area contributed by atoms with E-state index in [4.69, 9.17) is 5.26 Å². The van der Waals surface area contributed by atoms with Crippen LogP contribution in [0.25, 0.3) is 12.2 Å². The summed E-state index contributed by atoms with van der Waals surface area (Å²) in [5, 5.41) is 9.51. The second kappa shape index (κ2) is 6.03. The highest BCUT2D eigenvalue weighted by Gasteiger charge is 2.08. The van der Waals surface area contributed by atoms with Crippen LogP contribution < -0.4 is 5.56 Å². The number of rotatable bonds is 3. The van der Waals surface area contributed by atoms with Gasteiger partial charge in [-0.1, -0.05) is 48.2 Å². The van der Waals surface area contributed by atoms with E-state index in [0.29, 0.717) is 10.9 Å². The van der Waals surface area contributed by atoms with Crippen molar-refractivity contribution in [2.24, 2.45) is 0 Å². The van der Waals surface area contributed by atoms with E-state index < -0.39 is 5.56 Å². The van der Waals surface area contributed by atoms with Gasteiger partial charge >= 0.3 is 0 Å². The van der Waals surface area contributed by atoms with Crippen molar-refractivity contribution in [1.29, 1.82) is 5.26 Å². The summed E-state index contributed by atoms with van der Waals surface area (Å²) >= 11 is 1.33. The number of nitriles is 1. The molecule has 2 aromatic rings. The molecule has 0 atom stereocenters. The van der Waals surface area contributed by atoms with Crippen LogP contribution in [0.1, 0.15) is 16.8 Å². The van der Waals surface area contributed by atoms with E-state index in [1.165, 1.54) is 11.8 Å². The lowest BCUT2D eigenvalue weighted by Crippen LogP contribution is -2.14. The summed E-state index contributed by atoms with van der Waals surface area (Å²) in [4.78, 5) is 18.5. The fourth-order valence-corrected chi connectivity index (χ4v) is 1.92. The first kappa shape index (κ1) is 13.1. The molecule has 0 saturated carbocycles. The zero-order valence-corrected chi connectivity index (χ0v) is 11.1. The van der Waals surface area contributed by atoms with Crippen molar-refractivity contribution in [2.45, 2.75) is 5.16 Å². The van der Waals surface area contributed by atoms with E-state index in [1.54, 1.807) is 6.08 Å². The molecule has 0 aliphatic rings. The minimum atomic E-state index is -0.408. The van der Waals surface area contributed by atoms with Crippen LogP contribution >= 0.6 is 11.8 Å². The fraction of sp³-hybridized carbons (Fsp3) is 0.0714. The summed E-state index contributed by atoms with van der Waals surface area (Å²) in [6.07, 6.45) is 5.32. The monoisotopic (exact) mass is 269 g/mol. The molecule has 0 saturated heterocycles. The van der Waals surface area contributed by atoms with Crippen molar-refractivity contribution in [3.05, 3.63) is 57.5 Å². The van der Waals surface area contributed by atoms with Gasteiger partial charge < -0.3 is 4.98 Å². The minimum Gasteiger partial charge on any atom is -0.300 e. The Bertz CT molecular complexity index is 699. The van der Waals surface area contributed by atoms with Gasteiger partial charge in [0.2, 0.25) is 0 Å². The molecule has 0 spiro atoms. The third-order valence-electron chi connectivity index (χ3n) is 2.46. The van der Waals surface area contributed by atoms with Crippen molar-refractivity contribution >= 4 is 23.9 Å². The van der Waals surface area contributed by atoms with Gasteiger partial charge in [-0.25, -0.2) is 4.98 Å². The minimum absolute atomic E-state index is 0.0324. The molecule has 0 aliphatic heterocycles. The van der Waals surface area contributed by atoms with E-state index in [0.717, 1.165) is 5.56 Å². The molecule has 1 aromatic carbocycles. The maximum Gasteiger partial charge on any atom is 0.270 e. The van der Waals surface area contributed by atoms with Gasteiger partial charge in [0.1, 0.15) is 11.6 Å². The first-order chi connectivity index (χ1) is 9.24. The molecule has 4 nitrogen and oxygen atoms in total. The molecular weight excluding hydrogens is 258 g/mol. The lowest BCUT2D eigenvalue weighted by atomic mass is 10.1. The van der Waals surface area contributed by atoms with Crippen LogP contribution in [0.15, 0.2) is 40.3 Å². The molecular formula is C14H11N3OS. The van der Waals surface area contributed by atoms with Gasteiger partial charge in [0.25, 0.3) is 5.56 Å². The molecule has 0 bridgehead atoms. The van der Waals surface area contributed by atoms with Gasteiger partial charge in [0.05, 0.1) is 5.69 Å². The summed E-state index contributed by atoms with van der Waals surface area (Å²) in [6.45, 7) is 0. The van der Waals surface area contributed by atoms with Crippen molar-refractivity contribution in [1.82, 2.24) is 9.97 Å². The zero-order chi connectivity index (χ0) is 13.7. The SMILES string of the molecule is CSc1nc(/C=C/c2ccccc2)c(C#N)c(=O)[nH]1. The van der Waals surface area contributed by atoms with Crippen LogP contribution in [0.4, 0.5) is 0 Å². The summed E-state index contributed by atoms with van der Waals surface area (Å²) < 4.78 is 0. The molecule has 0 fully saturated rings. The van der Waals surface area contributed by atoms with Crippen molar-refractivity contribution in [2.75, 3.05) is 6.26 Å². The number of thioether (sulfide) groups is 1. The van der Waals surface area contributed by atoms with Crippen molar-refractivity contribution in [3.8, 4) is 6.07 Å². The van der Waals surface area contributed by atoms with Gasteiger partial charge in [0, 0.05) is 0 Å².